The molecule has 21 heavy (non-hydrogen) atoms. The summed E-state index contributed by atoms with van der Waals surface area (Å²) in [6.45, 7) is 0. The number of fused-ring (bicyclic) bond motifs is 1. The molecule has 0 bridgehead atoms. The molecule has 0 atom stereocenters. The molecule has 104 valence electrons. The van der Waals surface area contributed by atoms with Gasteiger partial charge in [-0.05, 0) is 36.4 Å². The smallest absolute Gasteiger partial charge is 0.254 e. The van der Waals surface area contributed by atoms with Crippen LogP contribution >= 0.6 is 0 Å². The van der Waals surface area contributed by atoms with E-state index in [0.29, 0.717) is 11.3 Å². The van der Waals surface area contributed by atoms with Gasteiger partial charge in [-0.2, -0.15) is 0 Å². The maximum Gasteiger partial charge on any atom is 0.254 e. The molecular formula is C16H11FN2O2. The van der Waals surface area contributed by atoms with Gasteiger partial charge in [0.05, 0.1) is 5.69 Å². The Kier molecular flexibility index (Phi) is 3.23. The molecule has 1 heterocycles. The summed E-state index contributed by atoms with van der Waals surface area (Å²) in [5, 5.41) is 0.754. The van der Waals surface area contributed by atoms with Gasteiger partial charge in [0, 0.05) is 5.39 Å². The molecule has 0 aliphatic heterocycles. The predicted octanol–water partition coefficient (Wildman–Crippen LogP) is 2.90. The van der Waals surface area contributed by atoms with E-state index in [-0.39, 0.29) is 16.9 Å². The summed E-state index contributed by atoms with van der Waals surface area (Å²) in [6.07, 6.45) is 0. The van der Waals surface area contributed by atoms with Crippen LogP contribution in [0, 0.1) is 5.82 Å². The van der Waals surface area contributed by atoms with E-state index in [1.165, 1.54) is 24.3 Å². The number of nitrogens with zero attached hydrogens (tertiary/aromatic N) is 1. The van der Waals surface area contributed by atoms with Crippen LogP contribution in [0.15, 0.2) is 64.0 Å². The third kappa shape index (κ3) is 2.67. The standard InChI is InChI=1S/C16H11FN2O2/c17-11-5-7-12(8-6-11)19-16-13(15(18)20)9-10-3-1-2-4-14(10)21-16/h1-9H,(H2,18,20). The van der Waals surface area contributed by atoms with E-state index >= 15 is 0 Å². The Balaban J connectivity index is 2.26. The van der Waals surface area contributed by atoms with Crippen LogP contribution in [0.1, 0.15) is 10.4 Å². The van der Waals surface area contributed by atoms with Crippen molar-refractivity contribution in [3.8, 4) is 0 Å². The minimum atomic E-state index is -0.634. The number of amides is 1. The van der Waals surface area contributed by atoms with Gasteiger partial charge in [-0.1, -0.05) is 18.2 Å². The number of hydrogen-bond acceptors (Lipinski definition) is 3. The molecule has 5 heteroatoms. The van der Waals surface area contributed by atoms with E-state index < -0.39 is 5.91 Å². The molecule has 0 saturated carbocycles. The van der Waals surface area contributed by atoms with Crippen molar-refractivity contribution in [3.63, 3.8) is 0 Å². The maximum atomic E-state index is 12.9. The Bertz CT molecular complexity index is 883. The second-order valence-electron chi connectivity index (χ2n) is 4.46. The van der Waals surface area contributed by atoms with E-state index in [0.717, 1.165) is 5.39 Å². The first kappa shape index (κ1) is 13.1. The number of primary amides is 1. The van der Waals surface area contributed by atoms with Crippen molar-refractivity contribution >= 4 is 22.6 Å². The maximum absolute atomic E-state index is 12.9. The third-order valence-electron chi connectivity index (χ3n) is 2.98. The third-order valence-corrected chi connectivity index (χ3v) is 2.98. The fourth-order valence-corrected chi connectivity index (χ4v) is 1.96. The van der Waals surface area contributed by atoms with Gasteiger partial charge >= 0.3 is 0 Å². The normalized spacial score (nSPS) is 11.8. The van der Waals surface area contributed by atoms with E-state index in [2.05, 4.69) is 4.99 Å². The van der Waals surface area contributed by atoms with Gasteiger partial charge in [-0.15, -0.1) is 0 Å². The van der Waals surface area contributed by atoms with Crippen molar-refractivity contribution in [2.24, 2.45) is 10.7 Å². The van der Waals surface area contributed by atoms with Gasteiger partial charge in [0.15, 0.2) is 0 Å². The molecule has 0 saturated heterocycles. The summed E-state index contributed by atoms with van der Waals surface area (Å²) in [7, 11) is 0. The molecule has 0 radical (unpaired) electrons. The van der Waals surface area contributed by atoms with Crippen molar-refractivity contribution in [2.75, 3.05) is 0 Å². The van der Waals surface area contributed by atoms with Crippen molar-refractivity contribution in [1.29, 1.82) is 0 Å². The Hall–Kier alpha value is -2.95. The molecule has 2 N–H and O–H groups in total. The second kappa shape index (κ2) is 5.20. The zero-order chi connectivity index (χ0) is 14.8. The fourth-order valence-electron chi connectivity index (χ4n) is 1.96. The van der Waals surface area contributed by atoms with Crippen LogP contribution in [0.5, 0.6) is 0 Å². The Labute approximate surface area is 119 Å². The van der Waals surface area contributed by atoms with Crippen LogP contribution in [0.3, 0.4) is 0 Å². The number of para-hydroxylation sites is 1. The number of benzene rings is 2. The molecule has 0 unspecified atom stereocenters. The minimum Gasteiger partial charge on any atom is -0.438 e. The van der Waals surface area contributed by atoms with E-state index in [1.807, 2.05) is 18.2 Å². The van der Waals surface area contributed by atoms with Crippen LogP contribution in [-0.2, 0) is 0 Å². The molecule has 4 nitrogen and oxygen atoms in total. The Morgan fingerprint density at radius 3 is 2.52 bits per heavy atom. The lowest BCUT2D eigenvalue weighted by atomic mass is 10.2. The molecular weight excluding hydrogens is 271 g/mol. The van der Waals surface area contributed by atoms with Crippen molar-refractivity contribution < 1.29 is 13.6 Å². The zero-order valence-corrected chi connectivity index (χ0v) is 10.9. The van der Waals surface area contributed by atoms with Crippen molar-refractivity contribution in [2.45, 2.75) is 0 Å². The highest BCUT2D eigenvalue weighted by Crippen LogP contribution is 2.15. The highest BCUT2D eigenvalue weighted by Gasteiger charge is 2.09. The monoisotopic (exact) mass is 282 g/mol. The number of carbonyl (C=O) groups excluding carboxylic acids is 1. The Morgan fingerprint density at radius 2 is 1.81 bits per heavy atom. The number of halogens is 1. The van der Waals surface area contributed by atoms with Crippen LogP contribution in [-0.4, -0.2) is 5.91 Å². The SMILES string of the molecule is NC(=O)c1cc2ccccc2oc1=Nc1ccc(F)cc1. The quantitative estimate of drug-likeness (QED) is 0.785. The lowest BCUT2D eigenvalue weighted by molar-refractivity contribution is 0.0996. The summed E-state index contributed by atoms with van der Waals surface area (Å²) in [5.41, 5.74) is 6.70. The first-order valence-corrected chi connectivity index (χ1v) is 6.26. The molecule has 1 aromatic heterocycles. The van der Waals surface area contributed by atoms with Crippen molar-refractivity contribution in [3.05, 3.63) is 71.5 Å². The first-order valence-electron chi connectivity index (χ1n) is 6.26. The Morgan fingerprint density at radius 1 is 1.10 bits per heavy atom. The van der Waals surface area contributed by atoms with E-state index in [1.54, 1.807) is 12.1 Å². The fraction of sp³-hybridized carbons (Fsp3) is 0. The average molecular weight is 282 g/mol. The molecule has 3 aromatic rings. The van der Waals surface area contributed by atoms with Crippen LogP contribution in [0.4, 0.5) is 10.1 Å². The molecule has 3 rings (SSSR count). The van der Waals surface area contributed by atoms with Gasteiger partial charge in [0.2, 0.25) is 5.55 Å². The molecule has 2 aromatic carbocycles. The minimum absolute atomic E-state index is 0.104. The van der Waals surface area contributed by atoms with Crippen LogP contribution < -0.4 is 11.3 Å². The number of nitrogens with two attached hydrogens (primary N) is 1. The van der Waals surface area contributed by atoms with Gasteiger partial charge in [-0.3, -0.25) is 4.79 Å². The lowest BCUT2D eigenvalue weighted by Gasteiger charge is -2.01. The molecule has 0 spiro atoms. The lowest BCUT2D eigenvalue weighted by Crippen LogP contribution is -2.21. The molecule has 1 amide bonds. The van der Waals surface area contributed by atoms with E-state index in [4.69, 9.17) is 10.2 Å². The first-order chi connectivity index (χ1) is 10.1. The predicted molar refractivity (Wildman–Crippen MR) is 76.4 cm³/mol. The van der Waals surface area contributed by atoms with Gasteiger partial charge in [-0.25, -0.2) is 9.38 Å². The number of rotatable bonds is 2. The number of hydrogen-bond donors (Lipinski definition) is 1. The second-order valence-corrected chi connectivity index (χ2v) is 4.46. The van der Waals surface area contributed by atoms with Gasteiger partial charge < -0.3 is 10.2 Å². The number of carbonyl (C=O) groups is 1. The topological polar surface area (TPSA) is 68.6 Å². The summed E-state index contributed by atoms with van der Waals surface area (Å²) in [5.74, 6) is -0.995. The highest BCUT2D eigenvalue weighted by atomic mass is 19.1. The summed E-state index contributed by atoms with van der Waals surface area (Å²) < 4.78 is 18.5. The zero-order valence-electron chi connectivity index (χ0n) is 10.9. The largest absolute Gasteiger partial charge is 0.438 e. The summed E-state index contributed by atoms with van der Waals surface area (Å²) in [6, 6.07) is 14.4. The molecule has 0 aliphatic rings. The van der Waals surface area contributed by atoms with Crippen LogP contribution in [0.2, 0.25) is 0 Å². The molecule has 0 aliphatic carbocycles. The van der Waals surface area contributed by atoms with Gasteiger partial charge in [0.1, 0.15) is 17.0 Å². The molecule has 0 fully saturated rings. The highest BCUT2D eigenvalue weighted by molar-refractivity contribution is 5.95. The van der Waals surface area contributed by atoms with E-state index in [9.17, 15) is 9.18 Å². The van der Waals surface area contributed by atoms with Gasteiger partial charge in [0.25, 0.3) is 5.91 Å². The van der Waals surface area contributed by atoms with Crippen LogP contribution in [0.25, 0.3) is 11.0 Å². The van der Waals surface area contributed by atoms with Crippen molar-refractivity contribution in [1.82, 2.24) is 0 Å². The average Bonchev–Trinajstić information content (AvgIpc) is 2.48. The summed E-state index contributed by atoms with van der Waals surface area (Å²) in [4.78, 5) is 15.8. The summed E-state index contributed by atoms with van der Waals surface area (Å²) >= 11 is 0.